The van der Waals surface area contributed by atoms with E-state index in [2.05, 4.69) is 16.8 Å². The summed E-state index contributed by atoms with van der Waals surface area (Å²) in [5, 5.41) is 0. The predicted octanol–water partition coefficient (Wildman–Crippen LogP) is 0.751. The topological polar surface area (TPSA) is 38.5 Å². The first kappa shape index (κ1) is 8.97. The zero-order valence-corrected chi connectivity index (χ0v) is 7.25. The first-order valence-corrected chi connectivity index (χ1v) is 4.36. The van der Waals surface area contributed by atoms with Gasteiger partial charge < -0.3 is 9.74 Å². The Balaban J connectivity index is 2.18. The quantitative estimate of drug-likeness (QED) is 0.616. The molecule has 1 heterocycles. The lowest BCUT2D eigenvalue weighted by Crippen LogP contribution is -2.37. The van der Waals surface area contributed by atoms with E-state index in [0.717, 1.165) is 6.42 Å². The molecule has 0 bridgehead atoms. The molecule has 1 rings (SSSR count). The fraction of sp³-hybridized carbons (Fsp3) is 1.00. The van der Waals surface area contributed by atoms with Crippen LogP contribution in [0, 0.1) is 0 Å². The van der Waals surface area contributed by atoms with Gasteiger partial charge in [0.25, 0.3) is 0 Å². The van der Waals surface area contributed by atoms with Gasteiger partial charge in [0.05, 0.1) is 6.61 Å². The highest BCUT2D eigenvalue weighted by Gasteiger charge is 2.17. The third-order valence-electron chi connectivity index (χ3n) is 2.49. The van der Waals surface area contributed by atoms with Gasteiger partial charge in [0.1, 0.15) is 0 Å². The number of hydrogen-bond acceptors (Lipinski definition) is 3. The molecule has 2 N–H and O–H groups in total. The van der Waals surface area contributed by atoms with Crippen molar-refractivity contribution in [3.05, 3.63) is 0 Å². The first-order valence-electron chi connectivity index (χ1n) is 4.36. The van der Waals surface area contributed by atoms with Crippen LogP contribution in [0.15, 0.2) is 0 Å². The summed E-state index contributed by atoms with van der Waals surface area (Å²) < 4.78 is 0. The minimum Gasteiger partial charge on any atom is -0.305 e. The molecular formula is C8H18N2O. The van der Waals surface area contributed by atoms with Gasteiger partial charge in [0.2, 0.25) is 0 Å². The molecule has 1 atom stereocenters. The number of piperidine rings is 1. The smallest absolute Gasteiger partial charge is 0.0694 e. The van der Waals surface area contributed by atoms with Crippen LogP contribution < -0.4 is 5.90 Å². The number of nitrogens with two attached hydrogens (primary N) is 1. The molecule has 3 heteroatoms. The molecular weight excluding hydrogens is 140 g/mol. The van der Waals surface area contributed by atoms with Crippen molar-refractivity contribution in [3.8, 4) is 0 Å². The van der Waals surface area contributed by atoms with Gasteiger partial charge in [0.15, 0.2) is 0 Å². The Morgan fingerprint density at radius 2 is 2.36 bits per heavy atom. The Morgan fingerprint density at radius 1 is 1.55 bits per heavy atom. The normalized spacial score (nSPS) is 27.3. The second-order valence-corrected chi connectivity index (χ2v) is 3.29. The van der Waals surface area contributed by atoms with Gasteiger partial charge in [-0.1, -0.05) is 6.42 Å². The lowest BCUT2D eigenvalue weighted by molar-refractivity contribution is 0.0932. The molecule has 0 spiro atoms. The number of likely N-dealkylation sites (tertiary alicyclic amines) is 1. The SMILES string of the molecule is CN1CCCCC1CCON. The van der Waals surface area contributed by atoms with E-state index >= 15 is 0 Å². The van der Waals surface area contributed by atoms with Crippen LogP contribution in [0.5, 0.6) is 0 Å². The lowest BCUT2D eigenvalue weighted by atomic mass is 10.0. The van der Waals surface area contributed by atoms with E-state index < -0.39 is 0 Å². The van der Waals surface area contributed by atoms with E-state index in [4.69, 9.17) is 5.90 Å². The summed E-state index contributed by atoms with van der Waals surface area (Å²) in [4.78, 5) is 6.97. The summed E-state index contributed by atoms with van der Waals surface area (Å²) in [7, 11) is 2.18. The van der Waals surface area contributed by atoms with Gasteiger partial charge in [0, 0.05) is 6.04 Å². The fourth-order valence-electron chi connectivity index (χ4n) is 1.71. The predicted molar refractivity (Wildman–Crippen MR) is 45.0 cm³/mol. The Bertz CT molecular complexity index is 108. The van der Waals surface area contributed by atoms with Crippen molar-refractivity contribution in [3.63, 3.8) is 0 Å². The fourth-order valence-corrected chi connectivity index (χ4v) is 1.71. The maximum atomic E-state index is 4.97. The van der Waals surface area contributed by atoms with Crippen LogP contribution in [0.25, 0.3) is 0 Å². The summed E-state index contributed by atoms with van der Waals surface area (Å²) in [5.74, 6) is 4.97. The van der Waals surface area contributed by atoms with Gasteiger partial charge >= 0.3 is 0 Å². The number of hydrogen-bond donors (Lipinski definition) is 1. The number of nitrogens with zero attached hydrogens (tertiary/aromatic N) is 1. The molecule has 66 valence electrons. The van der Waals surface area contributed by atoms with Crippen LogP contribution >= 0.6 is 0 Å². The van der Waals surface area contributed by atoms with Crippen molar-refractivity contribution in [1.82, 2.24) is 4.90 Å². The van der Waals surface area contributed by atoms with Crippen molar-refractivity contribution in [2.45, 2.75) is 31.7 Å². The molecule has 1 fully saturated rings. The van der Waals surface area contributed by atoms with Crippen molar-refractivity contribution in [1.29, 1.82) is 0 Å². The van der Waals surface area contributed by atoms with E-state index in [0.29, 0.717) is 12.6 Å². The summed E-state index contributed by atoms with van der Waals surface area (Å²) in [6, 6.07) is 0.701. The van der Waals surface area contributed by atoms with Crippen LogP contribution in [0.4, 0.5) is 0 Å². The van der Waals surface area contributed by atoms with Crippen LogP contribution in [0.2, 0.25) is 0 Å². The number of rotatable bonds is 3. The molecule has 11 heavy (non-hydrogen) atoms. The van der Waals surface area contributed by atoms with Crippen LogP contribution in [-0.4, -0.2) is 31.1 Å². The molecule has 3 nitrogen and oxygen atoms in total. The largest absolute Gasteiger partial charge is 0.305 e. The highest BCUT2D eigenvalue weighted by atomic mass is 16.6. The Labute approximate surface area is 68.5 Å². The van der Waals surface area contributed by atoms with Gasteiger partial charge in [-0.2, -0.15) is 0 Å². The van der Waals surface area contributed by atoms with Gasteiger partial charge in [-0.15, -0.1) is 0 Å². The second kappa shape index (κ2) is 4.70. The zero-order chi connectivity index (χ0) is 8.10. The molecule has 1 aliphatic rings. The molecule has 0 aliphatic carbocycles. The van der Waals surface area contributed by atoms with E-state index in [9.17, 15) is 0 Å². The molecule has 1 unspecified atom stereocenters. The molecule has 1 saturated heterocycles. The molecule has 0 aromatic heterocycles. The van der Waals surface area contributed by atoms with Gasteiger partial charge in [-0.05, 0) is 32.9 Å². The second-order valence-electron chi connectivity index (χ2n) is 3.29. The third-order valence-corrected chi connectivity index (χ3v) is 2.49. The third kappa shape index (κ3) is 2.77. The highest BCUT2D eigenvalue weighted by molar-refractivity contribution is 4.73. The minimum absolute atomic E-state index is 0.689. The molecule has 0 aromatic carbocycles. The maximum Gasteiger partial charge on any atom is 0.0694 e. The van der Waals surface area contributed by atoms with Crippen molar-refractivity contribution < 1.29 is 4.84 Å². The summed E-state index contributed by atoms with van der Waals surface area (Å²) in [6.07, 6.45) is 5.09. The van der Waals surface area contributed by atoms with Crippen LogP contribution in [-0.2, 0) is 4.84 Å². The molecule has 0 radical (unpaired) electrons. The molecule has 1 aliphatic heterocycles. The van der Waals surface area contributed by atoms with Crippen molar-refractivity contribution in [2.24, 2.45) is 5.90 Å². The van der Waals surface area contributed by atoms with E-state index in [1.165, 1.54) is 25.8 Å². The van der Waals surface area contributed by atoms with Gasteiger partial charge in [-0.3, -0.25) is 0 Å². The summed E-state index contributed by atoms with van der Waals surface area (Å²) in [6.45, 7) is 1.92. The molecule has 0 amide bonds. The first-order chi connectivity index (χ1) is 5.34. The molecule has 0 aromatic rings. The van der Waals surface area contributed by atoms with E-state index in [1.807, 2.05) is 0 Å². The van der Waals surface area contributed by atoms with E-state index in [-0.39, 0.29) is 0 Å². The average molecular weight is 158 g/mol. The Morgan fingerprint density at radius 3 is 3.00 bits per heavy atom. The lowest BCUT2D eigenvalue weighted by Gasteiger charge is -2.32. The van der Waals surface area contributed by atoms with Crippen molar-refractivity contribution >= 4 is 0 Å². The monoisotopic (exact) mass is 158 g/mol. The zero-order valence-electron chi connectivity index (χ0n) is 7.25. The maximum absolute atomic E-state index is 4.97. The van der Waals surface area contributed by atoms with Crippen LogP contribution in [0.3, 0.4) is 0 Å². The summed E-state index contributed by atoms with van der Waals surface area (Å²) >= 11 is 0. The Kier molecular flexibility index (Phi) is 3.83. The summed E-state index contributed by atoms with van der Waals surface area (Å²) in [5.41, 5.74) is 0. The molecule has 0 saturated carbocycles. The minimum atomic E-state index is 0.689. The average Bonchev–Trinajstić information content (AvgIpc) is 2.03. The van der Waals surface area contributed by atoms with E-state index in [1.54, 1.807) is 0 Å². The standard InChI is InChI=1S/C8H18N2O/c1-10-6-3-2-4-8(10)5-7-11-9/h8H,2-7,9H2,1H3. The highest BCUT2D eigenvalue weighted by Crippen LogP contribution is 2.17. The Hall–Kier alpha value is -0.120. The van der Waals surface area contributed by atoms with Crippen molar-refractivity contribution in [2.75, 3.05) is 20.2 Å². The van der Waals surface area contributed by atoms with Gasteiger partial charge in [-0.25, -0.2) is 5.90 Å². The van der Waals surface area contributed by atoms with Crippen LogP contribution in [0.1, 0.15) is 25.7 Å².